The maximum Gasteiger partial charge on any atom is 0.239 e. The van der Waals surface area contributed by atoms with Crippen LogP contribution in [0.4, 0.5) is 11.4 Å². The molecule has 1 aromatic carbocycles. The lowest BCUT2D eigenvalue weighted by atomic mass is 9.74. The minimum atomic E-state index is -0.271. The molecule has 2 N–H and O–H groups in total. The van der Waals surface area contributed by atoms with Crippen molar-refractivity contribution >= 4 is 34.4 Å². The molecule has 0 fully saturated rings. The fraction of sp³-hybridized carbons (Fsp3) is 0.417. The van der Waals surface area contributed by atoms with E-state index in [0.717, 1.165) is 40.4 Å². The van der Waals surface area contributed by atoms with Crippen molar-refractivity contribution in [2.24, 2.45) is 5.41 Å². The number of para-hydroxylation sites is 2. The number of amides is 1. The number of hydrogen-bond acceptors (Lipinski definition) is 5. The van der Waals surface area contributed by atoms with Gasteiger partial charge in [0, 0.05) is 29.1 Å². The van der Waals surface area contributed by atoms with Gasteiger partial charge >= 0.3 is 0 Å². The van der Waals surface area contributed by atoms with Crippen LogP contribution in [0.2, 0.25) is 0 Å². The van der Waals surface area contributed by atoms with E-state index >= 15 is 0 Å². The van der Waals surface area contributed by atoms with Gasteiger partial charge in [-0.05, 0) is 41.8 Å². The van der Waals surface area contributed by atoms with E-state index in [1.54, 1.807) is 11.3 Å². The second-order valence-corrected chi connectivity index (χ2v) is 9.85. The highest BCUT2D eigenvalue weighted by Gasteiger charge is 2.42. The summed E-state index contributed by atoms with van der Waals surface area (Å²) < 4.78 is 0. The molecule has 1 atom stereocenters. The number of allylic oxidation sites excluding steroid dienone is 1. The Morgan fingerprint density at radius 1 is 1.23 bits per heavy atom. The number of thiophene rings is 1. The fourth-order valence-electron chi connectivity index (χ4n) is 4.44. The Balaban J connectivity index is 1.87. The number of carbonyl (C=O) groups excluding carboxylic acids is 2. The number of nitrogens with one attached hydrogen (secondary N) is 2. The minimum Gasteiger partial charge on any atom is -0.357 e. The van der Waals surface area contributed by atoms with Crippen LogP contribution in [0.3, 0.4) is 0 Å². The van der Waals surface area contributed by atoms with E-state index in [9.17, 15) is 9.59 Å². The third kappa shape index (κ3) is 4.01. The predicted octanol–water partition coefficient (Wildman–Crippen LogP) is 4.89. The zero-order valence-corrected chi connectivity index (χ0v) is 18.6. The number of benzene rings is 1. The van der Waals surface area contributed by atoms with Gasteiger partial charge in [-0.3, -0.25) is 9.59 Å². The van der Waals surface area contributed by atoms with Crippen molar-refractivity contribution in [1.82, 2.24) is 5.32 Å². The first-order valence-corrected chi connectivity index (χ1v) is 11.5. The van der Waals surface area contributed by atoms with Crippen LogP contribution in [-0.2, 0) is 9.59 Å². The lowest BCUT2D eigenvalue weighted by molar-refractivity contribution is -0.120. The molecule has 0 spiro atoms. The molecule has 0 unspecified atom stereocenters. The van der Waals surface area contributed by atoms with E-state index in [1.807, 2.05) is 42.6 Å². The van der Waals surface area contributed by atoms with E-state index in [1.165, 1.54) is 0 Å². The smallest absolute Gasteiger partial charge is 0.239 e. The summed E-state index contributed by atoms with van der Waals surface area (Å²) in [4.78, 5) is 29.4. The molecule has 1 aliphatic carbocycles. The van der Waals surface area contributed by atoms with Crippen molar-refractivity contribution in [2.75, 3.05) is 23.3 Å². The number of rotatable bonds is 5. The van der Waals surface area contributed by atoms with Crippen molar-refractivity contribution < 1.29 is 9.59 Å². The van der Waals surface area contributed by atoms with Crippen LogP contribution >= 0.6 is 11.3 Å². The SMILES string of the molecule is CCCNC(=O)CN1c2ccccc2NC2=C(C(=O)CC(C)(C)C2)[C@H]1c1cccs1. The Labute approximate surface area is 182 Å². The first-order chi connectivity index (χ1) is 14.4. The molecular formula is C24H29N3O2S. The maximum absolute atomic E-state index is 13.4. The molecule has 0 radical (unpaired) electrons. The van der Waals surface area contributed by atoms with Crippen LogP contribution in [0.1, 0.15) is 51.0 Å². The van der Waals surface area contributed by atoms with Crippen molar-refractivity contribution in [1.29, 1.82) is 0 Å². The average molecular weight is 424 g/mol. The van der Waals surface area contributed by atoms with Crippen LogP contribution in [0.25, 0.3) is 0 Å². The van der Waals surface area contributed by atoms with Gasteiger partial charge in [0.15, 0.2) is 5.78 Å². The fourth-order valence-corrected chi connectivity index (χ4v) is 5.29. The van der Waals surface area contributed by atoms with Crippen LogP contribution in [0.5, 0.6) is 0 Å². The Morgan fingerprint density at radius 2 is 2.03 bits per heavy atom. The van der Waals surface area contributed by atoms with Gasteiger partial charge in [0.25, 0.3) is 0 Å². The highest BCUT2D eigenvalue weighted by atomic mass is 32.1. The van der Waals surface area contributed by atoms with Crippen molar-refractivity contribution in [3.8, 4) is 0 Å². The standard InChI is InChI=1S/C24H29N3O2S/c1-4-11-25-21(29)15-27-18-9-6-5-8-16(18)26-17-13-24(2,3)14-19(28)22(17)23(27)20-10-7-12-30-20/h5-10,12,23,26H,4,11,13-15H2,1-3H3,(H,25,29)/t23-/m1/s1. The van der Waals surface area contributed by atoms with Gasteiger partial charge in [-0.25, -0.2) is 0 Å². The number of ketones is 1. The van der Waals surface area contributed by atoms with Gasteiger partial charge in [-0.2, -0.15) is 0 Å². The number of hydrogen-bond donors (Lipinski definition) is 2. The number of fused-ring (bicyclic) bond motifs is 1. The topological polar surface area (TPSA) is 61.4 Å². The van der Waals surface area contributed by atoms with Crippen molar-refractivity contribution in [3.05, 3.63) is 57.9 Å². The molecule has 158 valence electrons. The second-order valence-electron chi connectivity index (χ2n) is 8.87. The van der Waals surface area contributed by atoms with Gasteiger partial charge in [0.2, 0.25) is 5.91 Å². The van der Waals surface area contributed by atoms with Gasteiger partial charge < -0.3 is 15.5 Å². The second kappa shape index (κ2) is 8.26. The molecule has 5 nitrogen and oxygen atoms in total. The zero-order valence-electron chi connectivity index (χ0n) is 17.8. The number of anilines is 2. The zero-order chi connectivity index (χ0) is 21.3. The lowest BCUT2D eigenvalue weighted by Crippen LogP contribution is -2.42. The molecule has 1 amide bonds. The minimum absolute atomic E-state index is 0.0270. The summed E-state index contributed by atoms with van der Waals surface area (Å²) in [5, 5.41) is 8.60. The van der Waals surface area contributed by atoms with E-state index < -0.39 is 0 Å². The lowest BCUT2D eigenvalue weighted by Gasteiger charge is -2.37. The normalized spacial score (nSPS) is 20.2. The monoisotopic (exact) mass is 423 g/mol. The molecule has 4 rings (SSSR count). The molecule has 0 saturated carbocycles. The molecular weight excluding hydrogens is 394 g/mol. The van der Waals surface area contributed by atoms with Gasteiger partial charge in [0.1, 0.15) is 0 Å². The summed E-state index contributed by atoms with van der Waals surface area (Å²) in [5.41, 5.74) is 3.58. The average Bonchev–Trinajstić information content (AvgIpc) is 3.17. The molecule has 2 aromatic rings. The molecule has 1 aliphatic heterocycles. The van der Waals surface area contributed by atoms with Crippen LogP contribution in [-0.4, -0.2) is 24.8 Å². The molecule has 6 heteroatoms. The van der Waals surface area contributed by atoms with Crippen molar-refractivity contribution in [2.45, 2.75) is 46.1 Å². The number of Topliss-reactive ketones (excluding diaryl/α,β-unsaturated/α-hetero) is 1. The van der Waals surface area contributed by atoms with Crippen molar-refractivity contribution in [3.63, 3.8) is 0 Å². The summed E-state index contributed by atoms with van der Waals surface area (Å²) in [6.45, 7) is 7.18. The number of carbonyl (C=O) groups is 2. The molecule has 2 heterocycles. The Bertz CT molecular complexity index is 978. The molecule has 0 saturated heterocycles. The third-order valence-corrected chi connectivity index (χ3v) is 6.63. The van der Waals surface area contributed by atoms with E-state index in [4.69, 9.17) is 0 Å². The Morgan fingerprint density at radius 3 is 2.77 bits per heavy atom. The van der Waals surface area contributed by atoms with Gasteiger partial charge in [-0.1, -0.05) is 39.0 Å². The Hall–Kier alpha value is -2.60. The maximum atomic E-state index is 13.4. The first-order valence-electron chi connectivity index (χ1n) is 10.6. The highest BCUT2D eigenvalue weighted by Crippen LogP contribution is 2.48. The highest BCUT2D eigenvalue weighted by molar-refractivity contribution is 7.10. The molecule has 0 bridgehead atoms. The largest absolute Gasteiger partial charge is 0.357 e. The molecule has 1 aromatic heterocycles. The third-order valence-electron chi connectivity index (χ3n) is 5.70. The van der Waals surface area contributed by atoms with Crippen LogP contribution < -0.4 is 15.5 Å². The number of nitrogens with zero attached hydrogens (tertiary/aromatic N) is 1. The summed E-state index contributed by atoms with van der Waals surface area (Å²) in [6.07, 6.45) is 2.21. The molecule has 30 heavy (non-hydrogen) atoms. The summed E-state index contributed by atoms with van der Waals surface area (Å²) in [7, 11) is 0. The van der Waals surface area contributed by atoms with Crippen LogP contribution in [0, 0.1) is 5.41 Å². The summed E-state index contributed by atoms with van der Waals surface area (Å²) in [5.74, 6) is 0.139. The summed E-state index contributed by atoms with van der Waals surface area (Å²) in [6, 6.07) is 11.8. The molecule has 2 aliphatic rings. The van der Waals surface area contributed by atoms with E-state index in [0.29, 0.717) is 13.0 Å². The van der Waals surface area contributed by atoms with Gasteiger partial charge in [-0.15, -0.1) is 11.3 Å². The quantitative estimate of drug-likeness (QED) is 0.719. The summed E-state index contributed by atoms with van der Waals surface area (Å²) >= 11 is 1.63. The van der Waals surface area contributed by atoms with Crippen LogP contribution in [0.15, 0.2) is 53.0 Å². The predicted molar refractivity (Wildman–Crippen MR) is 123 cm³/mol. The Kier molecular flexibility index (Phi) is 5.69. The van der Waals surface area contributed by atoms with E-state index in [2.05, 4.69) is 35.4 Å². The first kappa shape index (κ1) is 20.7. The van der Waals surface area contributed by atoms with Gasteiger partial charge in [0.05, 0.1) is 24.0 Å². The van der Waals surface area contributed by atoms with E-state index in [-0.39, 0.29) is 29.7 Å².